The van der Waals surface area contributed by atoms with Crippen molar-refractivity contribution in [2.24, 2.45) is 11.1 Å². The molecule has 1 aromatic heterocycles. The van der Waals surface area contributed by atoms with Crippen molar-refractivity contribution < 1.29 is 0 Å². The Bertz CT molecular complexity index is 351. The van der Waals surface area contributed by atoms with E-state index in [1.807, 2.05) is 11.3 Å². The van der Waals surface area contributed by atoms with Crippen LogP contribution in [-0.4, -0.2) is 11.5 Å². The van der Waals surface area contributed by atoms with E-state index in [1.54, 1.807) is 0 Å². The third-order valence-electron chi connectivity index (χ3n) is 3.91. The minimum atomic E-state index is 0.249. The number of nitrogens with zero attached hydrogens (tertiary/aromatic N) is 1. The van der Waals surface area contributed by atoms with Crippen LogP contribution in [0.25, 0.3) is 0 Å². The first-order chi connectivity index (χ1) is 8.11. The molecular formula is C14H24N2S. The SMILES string of the molecule is CC(C)(CN)CCc1nc(C2CCCC2)cs1. The number of nitrogens with two attached hydrogens (primary N) is 1. The summed E-state index contributed by atoms with van der Waals surface area (Å²) in [6.45, 7) is 5.23. The maximum Gasteiger partial charge on any atom is 0.0928 e. The lowest BCUT2D eigenvalue weighted by Crippen LogP contribution is -2.24. The molecule has 0 unspecified atom stereocenters. The molecule has 17 heavy (non-hydrogen) atoms. The second kappa shape index (κ2) is 5.49. The fraction of sp³-hybridized carbons (Fsp3) is 0.786. The molecular weight excluding hydrogens is 228 g/mol. The molecule has 0 atom stereocenters. The van der Waals surface area contributed by atoms with E-state index < -0.39 is 0 Å². The highest BCUT2D eigenvalue weighted by Crippen LogP contribution is 2.34. The summed E-state index contributed by atoms with van der Waals surface area (Å²) >= 11 is 1.84. The van der Waals surface area contributed by atoms with Gasteiger partial charge >= 0.3 is 0 Å². The predicted octanol–water partition coefficient (Wildman–Crippen LogP) is 3.72. The fourth-order valence-electron chi connectivity index (χ4n) is 2.40. The molecule has 1 saturated carbocycles. The molecule has 3 heteroatoms. The van der Waals surface area contributed by atoms with E-state index in [1.165, 1.54) is 36.4 Å². The van der Waals surface area contributed by atoms with Crippen LogP contribution in [0.2, 0.25) is 0 Å². The summed E-state index contributed by atoms with van der Waals surface area (Å²) in [5.41, 5.74) is 7.36. The van der Waals surface area contributed by atoms with Gasteiger partial charge in [0.15, 0.2) is 0 Å². The molecule has 2 N–H and O–H groups in total. The van der Waals surface area contributed by atoms with Gasteiger partial charge in [0, 0.05) is 11.3 Å². The average molecular weight is 252 g/mol. The molecule has 0 spiro atoms. The van der Waals surface area contributed by atoms with Crippen molar-refractivity contribution in [2.45, 2.75) is 58.3 Å². The monoisotopic (exact) mass is 252 g/mol. The molecule has 0 saturated heterocycles. The third kappa shape index (κ3) is 3.52. The van der Waals surface area contributed by atoms with E-state index >= 15 is 0 Å². The van der Waals surface area contributed by atoms with Gasteiger partial charge in [-0.25, -0.2) is 4.98 Å². The molecule has 2 nitrogen and oxygen atoms in total. The minimum Gasteiger partial charge on any atom is -0.330 e. The lowest BCUT2D eigenvalue weighted by molar-refractivity contribution is 0.347. The van der Waals surface area contributed by atoms with Gasteiger partial charge in [-0.1, -0.05) is 26.7 Å². The third-order valence-corrected chi connectivity index (χ3v) is 4.84. The number of rotatable bonds is 5. The van der Waals surface area contributed by atoms with Crippen LogP contribution in [0.3, 0.4) is 0 Å². The van der Waals surface area contributed by atoms with Gasteiger partial charge in [-0.05, 0) is 37.6 Å². The molecule has 1 aliphatic carbocycles. The van der Waals surface area contributed by atoms with Crippen LogP contribution in [0.15, 0.2) is 5.38 Å². The smallest absolute Gasteiger partial charge is 0.0928 e. The van der Waals surface area contributed by atoms with Crippen molar-refractivity contribution in [1.29, 1.82) is 0 Å². The number of thiazole rings is 1. The molecule has 0 bridgehead atoms. The van der Waals surface area contributed by atoms with Crippen molar-refractivity contribution in [2.75, 3.05) is 6.54 Å². The highest BCUT2D eigenvalue weighted by molar-refractivity contribution is 7.09. The van der Waals surface area contributed by atoms with Gasteiger partial charge in [0.25, 0.3) is 0 Å². The zero-order valence-corrected chi connectivity index (χ0v) is 11.9. The molecule has 1 heterocycles. The summed E-state index contributed by atoms with van der Waals surface area (Å²) < 4.78 is 0. The van der Waals surface area contributed by atoms with Crippen molar-refractivity contribution in [1.82, 2.24) is 4.98 Å². The zero-order chi connectivity index (χ0) is 12.3. The maximum atomic E-state index is 5.76. The lowest BCUT2D eigenvalue weighted by atomic mass is 9.88. The molecule has 0 aromatic carbocycles. The van der Waals surface area contributed by atoms with Gasteiger partial charge in [-0.3, -0.25) is 0 Å². The summed E-state index contributed by atoms with van der Waals surface area (Å²) in [4.78, 5) is 4.81. The van der Waals surface area contributed by atoms with E-state index in [0.29, 0.717) is 0 Å². The zero-order valence-electron chi connectivity index (χ0n) is 11.0. The van der Waals surface area contributed by atoms with Crippen molar-refractivity contribution >= 4 is 11.3 Å². The Kier molecular flexibility index (Phi) is 4.21. The van der Waals surface area contributed by atoms with Gasteiger partial charge < -0.3 is 5.73 Å². The summed E-state index contributed by atoms with van der Waals surface area (Å²) in [7, 11) is 0. The van der Waals surface area contributed by atoms with Crippen LogP contribution in [0.4, 0.5) is 0 Å². The van der Waals surface area contributed by atoms with E-state index in [-0.39, 0.29) is 5.41 Å². The van der Waals surface area contributed by atoms with Gasteiger partial charge in [0.2, 0.25) is 0 Å². The largest absolute Gasteiger partial charge is 0.330 e. The molecule has 2 rings (SSSR count). The van der Waals surface area contributed by atoms with Crippen LogP contribution in [0, 0.1) is 5.41 Å². The predicted molar refractivity (Wildman–Crippen MR) is 74.5 cm³/mol. The average Bonchev–Trinajstić information content (AvgIpc) is 2.97. The van der Waals surface area contributed by atoms with Crippen molar-refractivity contribution in [3.8, 4) is 0 Å². The summed E-state index contributed by atoms with van der Waals surface area (Å²) in [5.74, 6) is 0.752. The summed E-state index contributed by atoms with van der Waals surface area (Å²) in [6.07, 6.45) is 7.69. The minimum absolute atomic E-state index is 0.249. The molecule has 96 valence electrons. The second-order valence-corrected chi connectivity index (χ2v) is 6.96. The molecule has 1 fully saturated rings. The van der Waals surface area contributed by atoms with Gasteiger partial charge in [0.1, 0.15) is 0 Å². The fourth-order valence-corrected chi connectivity index (χ4v) is 3.28. The van der Waals surface area contributed by atoms with Gasteiger partial charge in [-0.15, -0.1) is 11.3 Å². The number of hydrogen-bond donors (Lipinski definition) is 1. The van der Waals surface area contributed by atoms with Gasteiger partial charge in [-0.2, -0.15) is 0 Å². The first-order valence-electron chi connectivity index (χ1n) is 6.75. The first-order valence-corrected chi connectivity index (χ1v) is 7.63. The summed E-state index contributed by atoms with van der Waals surface area (Å²) in [5, 5.41) is 3.58. The highest BCUT2D eigenvalue weighted by atomic mass is 32.1. The van der Waals surface area contributed by atoms with Crippen LogP contribution < -0.4 is 5.73 Å². The van der Waals surface area contributed by atoms with Crippen molar-refractivity contribution in [3.05, 3.63) is 16.1 Å². The molecule has 1 aromatic rings. The first kappa shape index (κ1) is 13.0. The topological polar surface area (TPSA) is 38.9 Å². The number of aromatic nitrogens is 1. The number of aryl methyl sites for hydroxylation is 1. The van der Waals surface area contributed by atoms with E-state index in [2.05, 4.69) is 19.2 Å². The molecule has 1 aliphatic rings. The lowest BCUT2D eigenvalue weighted by Gasteiger charge is -2.21. The Hall–Kier alpha value is -0.410. The maximum absolute atomic E-state index is 5.76. The number of hydrogen-bond acceptors (Lipinski definition) is 3. The van der Waals surface area contributed by atoms with E-state index in [4.69, 9.17) is 10.7 Å². The molecule has 0 radical (unpaired) electrons. The normalized spacial score (nSPS) is 17.8. The quantitative estimate of drug-likeness (QED) is 0.867. The summed E-state index contributed by atoms with van der Waals surface area (Å²) in [6, 6.07) is 0. The van der Waals surface area contributed by atoms with Crippen LogP contribution in [-0.2, 0) is 6.42 Å². The Morgan fingerprint density at radius 3 is 2.76 bits per heavy atom. The molecule has 0 aliphatic heterocycles. The van der Waals surface area contributed by atoms with Gasteiger partial charge in [0.05, 0.1) is 10.7 Å². The van der Waals surface area contributed by atoms with Crippen molar-refractivity contribution in [3.63, 3.8) is 0 Å². The Labute approximate surface area is 109 Å². The van der Waals surface area contributed by atoms with E-state index in [0.717, 1.165) is 25.3 Å². The van der Waals surface area contributed by atoms with Crippen LogP contribution in [0.1, 0.15) is 62.6 Å². The van der Waals surface area contributed by atoms with E-state index in [9.17, 15) is 0 Å². The Morgan fingerprint density at radius 2 is 2.12 bits per heavy atom. The highest BCUT2D eigenvalue weighted by Gasteiger charge is 2.20. The Morgan fingerprint density at radius 1 is 1.41 bits per heavy atom. The van der Waals surface area contributed by atoms with Crippen LogP contribution in [0.5, 0.6) is 0 Å². The second-order valence-electron chi connectivity index (χ2n) is 6.02. The standard InChI is InChI=1S/C14H24N2S/c1-14(2,10-15)8-7-13-16-12(9-17-13)11-5-3-4-6-11/h9,11H,3-8,10,15H2,1-2H3. The Balaban J connectivity index is 1.90. The molecule has 0 amide bonds. The van der Waals surface area contributed by atoms with Crippen LogP contribution >= 0.6 is 11.3 Å².